The summed E-state index contributed by atoms with van der Waals surface area (Å²) in [4.78, 5) is 12.0. The fourth-order valence-electron chi connectivity index (χ4n) is 2.82. The molecule has 86 valence electrons. The Labute approximate surface area is 86.4 Å². The molecule has 0 unspecified atom stereocenters. The number of halogens is 3. The molecule has 0 bridgehead atoms. The quantitative estimate of drug-likeness (QED) is 0.614. The number of carbonyl (C=O) groups excluding carboxylic acids is 1. The van der Waals surface area contributed by atoms with Crippen molar-refractivity contribution in [3.8, 4) is 0 Å². The van der Waals surface area contributed by atoms with Gasteiger partial charge in [-0.15, -0.1) is 0 Å². The number of hydrogen-bond acceptors (Lipinski definition) is 1. The van der Waals surface area contributed by atoms with Gasteiger partial charge in [-0.25, -0.2) is 0 Å². The first-order valence-corrected chi connectivity index (χ1v) is 5.29. The number of likely N-dealkylation sites (tertiary alicyclic amines) is 1. The van der Waals surface area contributed by atoms with Crippen molar-refractivity contribution < 1.29 is 18.0 Å². The van der Waals surface area contributed by atoms with Crippen LogP contribution < -0.4 is 0 Å². The zero-order valence-corrected chi connectivity index (χ0v) is 8.44. The highest BCUT2D eigenvalue weighted by atomic mass is 19.4. The molecule has 1 saturated heterocycles. The van der Waals surface area contributed by atoms with E-state index in [1.165, 1.54) is 0 Å². The van der Waals surface area contributed by atoms with E-state index in [1.807, 2.05) is 0 Å². The summed E-state index contributed by atoms with van der Waals surface area (Å²) in [5.74, 6) is -1.66. The molecule has 0 aromatic rings. The average Bonchev–Trinajstić information content (AvgIpc) is 2.75. The van der Waals surface area contributed by atoms with E-state index in [2.05, 4.69) is 0 Å². The Balaban J connectivity index is 2.01. The Morgan fingerprint density at radius 3 is 2.27 bits per heavy atom. The van der Waals surface area contributed by atoms with Crippen LogP contribution in [-0.2, 0) is 4.79 Å². The molecule has 2 aliphatic rings. The van der Waals surface area contributed by atoms with Crippen LogP contribution in [0.5, 0.6) is 0 Å². The minimum Gasteiger partial charge on any atom is -0.334 e. The molecule has 0 radical (unpaired) electrons. The summed E-state index contributed by atoms with van der Waals surface area (Å²) in [5, 5.41) is 0. The molecule has 1 aliphatic carbocycles. The van der Waals surface area contributed by atoms with Crippen LogP contribution in [0, 0.1) is 5.41 Å². The number of carbonyl (C=O) groups is 1. The van der Waals surface area contributed by atoms with Crippen molar-refractivity contribution in [1.29, 1.82) is 0 Å². The first kappa shape index (κ1) is 10.8. The Kier molecular flexibility index (Phi) is 2.43. The summed E-state index contributed by atoms with van der Waals surface area (Å²) in [6.07, 6.45) is 0.185. The number of hydrogen-bond donors (Lipinski definition) is 0. The zero-order valence-electron chi connectivity index (χ0n) is 8.44. The Hall–Kier alpha value is -0.740. The maximum absolute atomic E-state index is 12.2. The van der Waals surface area contributed by atoms with Gasteiger partial charge in [0.1, 0.15) is 0 Å². The highest BCUT2D eigenvalue weighted by Crippen LogP contribution is 2.45. The summed E-state index contributed by atoms with van der Waals surface area (Å²) < 4.78 is 36.6. The molecule has 5 heteroatoms. The van der Waals surface area contributed by atoms with Crippen LogP contribution in [0.1, 0.15) is 32.1 Å². The van der Waals surface area contributed by atoms with Gasteiger partial charge in [0.15, 0.2) is 0 Å². The molecule has 2 rings (SSSR count). The Morgan fingerprint density at radius 2 is 1.73 bits per heavy atom. The average molecular weight is 221 g/mol. The van der Waals surface area contributed by atoms with Crippen molar-refractivity contribution in [3.05, 3.63) is 0 Å². The largest absolute Gasteiger partial charge is 0.471 e. The second kappa shape index (κ2) is 3.39. The van der Waals surface area contributed by atoms with E-state index in [1.54, 1.807) is 0 Å². The van der Waals surface area contributed by atoms with E-state index in [0.29, 0.717) is 6.54 Å². The molecule has 1 aliphatic heterocycles. The molecule has 2 nitrogen and oxygen atoms in total. The van der Waals surface area contributed by atoms with Crippen molar-refractivity contribution in [2.45, 2.75) is 38.3 Å². The summed E-state index contributed by atoms with van der Waals surface area (Å²) in [5.41, 5.74) is 0.0148. The van der Waals surface area contributed by atoms with Gasteiger partial charge in [-0.1, -0.05) is 12.8 Å². The molecule has 1 saturated carbocycles. The molecule has 0 aromatic carbocycles. The minimum absolute atomic E-state index is 0.0148. The second-order valence-corrected chi connectivity index (χ2v) is 4.68. The maximum Gasteiger partial charge on any atom is 0.471 e. The third-order valence-corrected chi connectivity index (χ3v) is 3.63. The minimum atomic E-state index is -4.70. The Bertz CT molecular complexity index is 268. The molecular weight excluding hydrogens is 207 g/mol. The van der Waals surface area contributed by atoms with Gasteiger partial charge >= 0.3 is 12.1 Å². The lowest BCUT2D eigenvalue weighted by atomic mass is 9.86. The monoisotopic (exact) mass is 221 g/mol. The predicted octanol–water partition coefficient (Wildman–Crippen LogP) is 2.34. The first-order chi connectivity index (χ1) is 6.93. The van der Waals surface area contributed by atoms with E-state index in [9.17, 15) is 18.0 Å². The van der Waals surface area contributed by atoms with Gasteiger partial charge < -0.3 is 4.90 Å². The van der Waals surface area contributed by atoms with Gasteiger partial charge in [-0.05, 0) is 24.7 Å². The maximum atomic E-state index is 12.2. The van der Waals surface area contributed by atoms with E-state index < -0.39 is 12.1 Å². The van der Waals surface area contributed by atoms with Crippen molar-refractivity contribution >= 4 is 5.91 Å². The first-order valence-electron chi connectivity index (χ1n) is 5.29. The van der Waals surface area contributed by atoms with E-state index >= 15 is 0 Å². The fourth-order valence-corrected chi connectivity index (χ4v) is 2.82. The summed E-state index contributed by atoms with van der Waals surface area (Å²) in [6, 6.07) is 0. The lowest BCUT2D eigenvalue weighted by Crippen LogP contribution is -2.40. The molecule has 0 N–H and O–H groups in total. The summed E-state index contributed by atoms with van der Waals surface area (Å²) in [6.45, 7) is 0.587. The van der Waals surface area contributed by atoms with E-state index in [-0.39, 0.29) is 12.0 Å². The number of nitrogens with zero attached hydrogens (tertiary/aromatic N) is 1. The summed E-state index contributed by atoms with van der Waals surface area (Å²) in [7, 11) is 0. The van der Waals surface area contributed by atoms with Crippen LogP contribution in [-0.4, -0.2) is 30.1 Å². The highest BCUT2D eigenvalue weighted by molar-refractivity contribution is 5.82. The van der Waals surface area contributed by atoms with Crippen LogP contribution in [0.2, 0.25) is 0 Å². The van der Waals surface area contributed by atoms with Gasteiger partial charge in [0.25, 0.3) is 0 Å². The smallest absolute Gasteiger partial charge is 0.334 e. The molecule has 2 fully saturated rings. The standard InChI is InChI=1S/C10H14F3NO/c11-10(12,13)8(15)14-6-5-9(7-14)3-1-2-4-9/h1-7H2. The van der Waals surface area contributed by atoms with E-state index in [4.69, 9.17) is 0 Å². The Morgan fingerprint density at radius 1 is 1.13 bits per heavy atom. The molecule has 1 heterocycles. The van der Waals surface area contributed by atoms with Crippen molar-refractivity contribution in [1.82, 2.24) is 4.90 Å². The SMILES string of the molecule is O=C(N1CCC2(CCCC2)C1)C(F)(F)F. The molecule has 1 amide bonds. The van der Waals surface area contributed by atoms with Crippen LogP contribution in [0.15, 0.2) is 0 Å². The van der Waals surface area contributed by atoms with Crippen LogP contribution >= 0.6 is 0 Å². The van der Waals surface area contributed by atoms with Gasteiger partial charge in [0, 0.05) is 13.1 Å². The normalized spacial score (nSPS) is 25.1. The number of rotatable bonds is 0. The van der Waals surface area contributed by atoms with E-state index in [0.717, 1.165) is 37.0 Å². The molecule has 15 heavy (non-hydrogen) atoms. The molecule has 0 aromatic heterocycles. The van der Waals surface area contributed by atoms with Gasteiger partial charge in [-0.2, -0.15) is 13.2 Å². The second-order valence-electron chi connectivity index (χ2n) is 4.68. The lowest BCUT2D eigenvalue weighted by Gasteiger charge is -2.23. The molecule has 1 spiro atoms. The number of amides is 1. The predicted molar refractivity (Wildman–Crippen MR) is 48.2 cm³/mol. The summed E-state index contributed by atoms with van der Waals surface area (Å²) >= 11 is 0. The van der Waals surface area contributed by atoms with Crippen LogP contribution in [0.25, 0.3) is 0 Å². The lowest BCUT2D eigenvalue weighted by molar-refractivity contribution is -0.184. The number of alkyl halides is 3. The fraction of sp³-hybridized carbons (Fsp3) is 0.900. The van der Waals surface area contributed by atoms with Crippen LogP contribution in [0.4, 0.5) is 13.2 Å². The van der Waals surface area contributed by atoms with Crippen molar-refractivity contribution in [2.24, 2.45) is 5.41 Å². The van der Waals surface area contributed by atoms with Gasteiger partial charge in [0.2, 0.25) is 0 Å². The van der Waals surface area contributed by atoms with Crippen molar-refractivity contribution in [2.75, 3.05) is 13.1 Å². The van der Waals surface area contributed by atoms with Gasteiger partial charge in [0.05, 0.1) is 0 Å². The molecular formula is C10H14F3NO. The third-order valence-electron chi connectivity index (χ3n) is 3.63. The van der Waals surface area contributed by atoms with Crippen molar-refractivity contribution in [3.63, 3.8) is 0 Å². The molecule has 0 atom stereocenters. The third kappa shape index (κ3) is 1.96. The highest BCUT2D eigenvalue weighted by Gasteiger charge is 2.49. The topological polar surface area (TPSA) is 20.3 Å². The zero-order chi connectivity index (χ0) is 11.1. The van der Waals surface area contributed by atoms with Crippen LogP contribution in [0.3, 0.4) is 0 Å². The van der Waals surface area contributed by atoms with Gasteiger partial charge in [-0.3, -0.25) is 4.79 Å².